The summed E-state index contributed by atoms with van der Waals surface area (Å²) in [6.07, 6.45) is 2.13. The molecular weight excluding hydrogens is 260 g/mol. The van der Waals surface area contributed by atoms with Gasteiger partial charge in [-0.25, -0.2) is 4.79 Å². The van der Waals surface area contributed by atoms with E-state index in [2.05, 4.69) is 12.2 Å². The number of amides is 2. The maximum atomic E-state index is 11.5. The second kappa shape index (κ2) is 9.33. The summed E-state index contributed by atoms with van der Waals surface area (Å²) in [6.45, 7) is 9.99. The van der Waals surface area contributed by atoms with Gasteiger partial charge in [-0.05, 0) is 25.8 Å². The highest BCUT2D eigenvalue weighted by Crippen LogP contribution is 2.18. The van der Waals surface area contributed by atoms with Gasteiger partial charge in [0.25, 0.3) is 0 Å². The summed E-state index contributed by atoms with van der Waals surface area (Å²) in [5, 5.41) is 2.83. The van der Waals surface area contributed by atoms with E-state index in [9.17, 15) is 4.79 Å². The molecule has 5 nitrogen and oxygen atoms in total. The SMILES string of the molecule is CCOC(OCC)[Si]C(CC)CCN1CCNC1=O. The van der Waals surface area contributed by atoms with Crippen LogP contribution in [0, 0.1) is 0 Å². The van der Waals surface area contributed by atoms with Crippen molar-refractivity contribution in [1.82, 2.24) is 10.2 Å². The molecule has 1 heterocycles. The molecule has 0 aromatic rings. The molecule has 6 heteroatoms. The molecular formula is C13H26N2O3Si. The Balaban J connectivity index is 2.32. The van der Waals surface area contributed by atoms with Gasteiger partial charge in [0.2, 0.25) is 0 Å². The molecule has 1 N–H and O–H groups in total. The minimum absolute atomic E-state index is 0.0735. The number of ether oxygens (including phenoxy) is 2. The largest absolute Gasteiger partial charge is 0.357 e. The van der Waals surface area contributed by atoms with Gasteiger partial charge in [-0.1, -0.05) is 13.3 Å². The number of carbonyl (C=O) groups is 1. The van der Waals surface area contributed by atoms with Gasteiger partial charge >= 0.3 is 6.03 Å². The van der Waals surface area contributed by atoms with Crippen molar-refractivity contribution in [3.05, 3.63) is 0 Å². The predicted molar refractivity (Wildman–Crippen MR) is 76.4 cm³/mol. The molecule has 19 heavy (non-hydrogen) atoms. The lowest BCUT2D eigenvalue weighted by atomic mass is 10.2. The van der Waals surface area contributed by atoms with E-state index in [0.717, 1.165) is 32.5 Å². The zero-order valence-corrected chi connectivity index (χ0v) is 13.3. The summed E-state index contributed by atoms with van der Waals surface area (Å²) in [5.41, 5.74) is 0.566. The Morgan fingerprint density at radius 1 is 1.32 bits per heavy atom. The number of nitrogens with zero attached hydrogens (tertiary/aromatic N) is 1. The molecule has 0 aromatic heterocycles. The zero-order valence-electron chi connectivity index (χ0n) is 12.3. The van der Waals surface area contributed by atoms with E-state index in [1.807, 2.05) is 18.7 Å². The first-order valence-corrected chi connectivity index (χ1v) is 8.38. The van der Waals surface area contributed by atoms with Gasteiger partial charge in [0.15, 0.2) is 0 Å². The predicted octanol–water partition coefficient (Wildman–Crippen LogP) is 1.66. The Labute approximate surface area is 118 Å². The molecule has 1 aliphatic rings. The summed E-state index contributed by atoms with van der Waals surface area (Å²) in [5.74, 6) is -0.0765. The number of hydrogen-bond acceptors (Lipinski definition) is 3. The van der Waals surface area contributed by atoms with Gasteiger partial charge in [0.05, 0.1) is 0 Å². The van der Waals surface area contributed by atoms with E-state index in [0.29, 0.717) is 28.3 Å². The fourth-order valence-electron chi connectivity index (χ4n) is 2.08. The molecule has 0 bridgehead atoms. The van der Waals surface area contributed by atoms with E-state index in [-0.39, 0.29) is 11.9 Å². The van der Waals surface area contributed by atoms with Crippen molar-refractivity contribution < 1.29 is 14.3 Å². The molecule has 2 amide bonds. The van der Waals surface area contributed by atoms with Crippen LogP contribution in [0.15, 0.2) is 0 Å². The fourth-order valence-corrected chi connectivity index (χ4v) is 3.52. The second-order valence-electron chi connectivity index (χ2n) is 4.52. The van der Waals surface area contributed by atoms with Crippen molar-refractivity contribution in [1.29, 1.82) is 0 Å². The maximum Gasteiger partial charge on any atom is 0.317 e. The van der Waals surface area contributed by atoms with E-state index >= 15 is 0 Å². The standard InChI is InChI=1S/C13H26N2O3Si/c1-4-11(19-13(17-5-2)18-6-3)7-9-15-10-8-14-12(15)16/h11,13H,4-10H2,1-3H3,(H,14,16). The van der Waals surface area contributed by atoms with Crippen molar-refractivity contribution in [2.24, 2.45) is 0 Å². The highest BCUT2D eigenvalue weighted by molar-refractivity contribution is 6.38. The summed E-state index contributed by atoms with van der Waals surface area (Å²) in [4.78, 5) is 13.4. The molecule has 0 aliphatic carbocycles. The summed E-state index contributed by atoms with van der Waals surface area (Å²) < 4.78 is 11.2. The van der Waals surface area contributed by atoms with Crippen LogP contribution < -0.4 is 5.32 Å². The van der Waals surface area contributed by atoms with Gasteiger partial charge in [-0.15, -0.1) is 0 Å². The van der Waals surface area contributed by atoms with Crippen LogP contribution >= 0.6 is 0 Å². The van der Waals surface area contributed by atoms with Crippen molar-refractivity contribution in [3.63, 3.8) is 0 Å². The highest BCUT2D eigenvalue weighted by atomic mass is 28.2. The number of nitrogens with one attached hydrogen (secondary N) is 1. The first-order chi connectivity index (χ1) is 9.21. The van der Waals surface area contributed by atoms with Crippen LogP contribution in [0.25, 0.3) is 0 Å². The Kier molecular flexibility index (Phi) is 8.09. The minimum atomic E-state index is -0.0765. The summed E-state index contributed by atoms with van der Waals surface area (Å²) in [6, 6.07) is 0.0735. The molecule has 1 unspecified atom stereocenters. The normalized spacial score (nSPS) is 17.1. The van der Waals surface area contributed by atoms with E-state index < -0.39 is 0 Å². The Morgan fingerprint density at radius 3 is 2.47 bits per heavy atom. The molecule has 1 atom stereocenters. The molecule has 1 rings (SSSR count). The summed E-state index contributed by atoms with van der Waals surface area (Å²) >= 11 is 0. The maximum absolute atomic E-state index is 11.5. The molecule has 1 aliphatic heterocycles. The molecule has 110 valence electrons. The highest BCUT2D eigenvalue weighted by Gasteiger charge is 2.22. The first kappa shape index (κ1) is 16.5. The Hall–Kier alpha value is -0.593. The average Bonchev–Trinajstić information content (AvgIpc) is 2.80. The van der Waals surface area contributed by atoms with Crippen molar-refractivity contribution in [3.8, 4) is 0 Å². The van der Waals surface area contributed by atoms with Crippen LogP contribution in [0.4, 0.5) is 4.79 Å². The molecule has 1 saturated heterocycles. The summed E-state index contributed by atoms with van der Waals surface area (Å²) in [7, 11) is 0.640. The molecule has 0 saturated carbocycles. The van der Waals surface area contributed by atoms with Gasteiger partial charge in [0, 0.05) is 32.8 Å². The van der Waals surface area contributed by atoms with Crippen molar-refractivity contribution in [2.45, 2.75) is 45.1 Å². The minimum Gasteiger partial charge on any atom is -0.357 e. The third kappa shape index (κ3) is 5.93. The van der Waals surface area contributed by atoms with E-state index in [1.165, 1.54) is 0 Å². The van der Waals surface area contributed by atoms with E-state index in [1.54, 1.807) is 0 Å². The van der Waals surface area contributed by atoms with Crippen LogP contribution in [0.3, 0.4) is 0 Å². The van der Waals surface area contributed by atoms with Crippen LogP contribution in [0.5, 0.6) is 0 Å². The molecule has 2 radical (unpaired) electrons. The molecule has 0 aromatic carbocycles. The van der Waals surface area contributed by atoms with Gasteiger partial charge in [-0.3, -0.25) is 0 Å². The third-order valence-electron chi connectivity index (χ3n) is 3.19. The second-order valence-corrected chi connectivity index (χ2v) is 6.14. The quantitative estimate of drug-likeness (QED) is 0.491. The molecule has 0 spiro atoms. The fraction of sp³-hybridized carbons (Fsp3) is 0.923. The van der Waals surface area contributed by atoms with Gasteiger partial charge in [-0.2, -0.15) is 0 Å². The number of carbonyl (C=O) groups excluding carboxylic acids is 1. The third-order valence-corrected chi connectivity index (χ3v) is 4.97. The van der Waals surface area contributed by atoms with Gasteiger partial charge < -0.3 is 19.7 Å². The van der Waals surface area contributed by atoms with Crippen LogP contribution in [0.2, 0.25) is 5.54 Å². The molecule has 1 fully saturated rings. The lowest BCUT2D eigenvalue weighted by Gasteiger charge is -2.23. The zero-order chi connectivity index (χ0) is 14.1. The van der Waals surface area contributed by atoms with Crippen LogP contribution in [-0.4, -0.2) is 59.2 Å². The first-order valence-electron chi connectivity index (χ1n) is 7.23. The van der Waals surface area contributed by atoms with Crippen LogP contribution in [0.1, 0.15) is 33.6 Å². The van der Waals surface area contributed by atoms with Crippen molar-refractivity contribution in [2.75, 3.05) is 32.8 Å². The lowest BCUT2D eigenvalue weighted by molar-refractivity contribution is -0.0835. The number of urea groups is 1. The van der Waals surface area contributed by atoms with Gasteiger partial charge in [0.1, 0.15) is 15.4 Å². The Morgan fingerprint density at radius 2 is 2.00 bits per heavy atom. The van der Waals surface area contributed by atoms with E-state index in [4.69, 9.17) is 9.47 Å². The van der Waals surface area contributed by atoms with Crippen molar-refractivity contribution >= 4 is 15.6 Å². The topological polar surface area (TPSA) is 50.8 Å². The number of hydrogen-bond donors (Lipinski definition) is 1. The average molecular weight is 286 g/mol. The lowest BCUT2D eigenvalue weighted by Crippen LogP contribution is -2.32. The number of rotatable bonds is 10. The van der Waals surface area contributed by atoms with Crippen LogP contribution in [-0.2, 0) is 9.47 Å². The smallest absolute Gasteiger partial charge is 0.317 e. The Bertz CT molecular complexity index is 260. The monoisotopic (exact) mass is 286 g/mol.